The fourth-order valence-electron chi connectivity index (χ4n) is 1.84. The van der Waals surface area contributed by atoms with Crippen molar-refractivity contribution in [1.29, 1.82) is 0 Å². The van der Waals surface area contributed by atoms with Crippen LogP contribution >= 0.6 is 0 Å². The van der Waals surface area contributed by atoms with Crippen molar-refractivity contribution in [2.75, 3.05) is 20.2 Å². The quantitative estimate of drug-likeness (QED) is 0.794. The number of aliphatic hydroxyl groups excluding tert-OH is 1. The first-order valence-electron chi connectivity index (χ1n) is 6.99. The van der Waals surface area contributed by atoms with Gasteiger partial charge in [0.2, 0.25) is 0 Å². The molecule has 104 valence electrons. The van der Waals surface area contributed by atoms with Crippen LogP contribution < -0.4 is 0 Å². The minimum absolute atomic E-state index is 0.130. The van der Waals surface area contributed by atoms with E-state index in [0.29, 0.717) is 6.42 Å². The molecule has 1 N–H and O–H groups in total. The van der Waals surface area contributed by atoms with Gasteiger partial charge in [0.15, 0.2) is 0 Å². The van der Waals surface area contributed by atoms with E-state index in [1.54, 1.807) is 0 Å². The minimum Gasteiger partial charge on any atom is -0.395 e. The van der Waals surface area contributed by atoms with Gasteiger partial charge in [-0.25, -0.2) is 0 Å². The van der Waals surface area contributed by atoms with Gasteiger partial charge < -0.3 is 10.0 Å². The Morgan fingerprint density at radius 2 is 2.11 bits per heavy atom. The second kappa shape index (κ2) is 8.74. The van der Waals surface area contributed by atoms with Crippen molar-refractivity contribution in [2.45, 2.75) is 33.2 Å². The Morgan fingerprint density at radius 1 is 1.32 bits per heavy atom. The molecular formula is C17H25NO. The van der Waals surface area contributed by atoms with Crippen molar-refractivity contribution in [3.8, 4) is 11.8 Å². The zero-order chi connectivity index (χ0) is 14.1. The SMILES string of the molecule is CC(C)CCN(C)Cc1cccc(C#CCCO)c1. The van der Waals surface area contributed by atoms with Crippen molar-refractivity contribution >= 4 is 0 Å². The van der Waals surface area contributed by atoms with Crippen molar-refractivity contribution in [2.24, 2.45) is 5.92 Å². The largest absolute Gasteiger partial charge is 0.395 e. The van der Waals surface area contributed by atoms with Crippen molar-refractivity contribution in [3.63, 3.8) is 0 Å². The monoisotopic (exact) mass is 259 g/mol. The maximum absolute atomic E-state index is 8.71. The summed E-state index contributed by atoms with van der Waals surface area (Å²) in [6.07, 6.45) is 1.77. The number of hydrogen-bond acceptors (Lipinski definition) is 2. The molecule has 2 heteroatoms. The molecule has 0 aromatic heterocycles. The molecule has 19 heavy (non-hydrogen) atoms. The molecule has 1 aromatic rings. The van der Waals surface area contributed by atoms with Crippen LogP contribution in [0.2, 0.25) is 0 Å². The Kier molecular flexibility index (Phi) is 7.25. The number of nitrogens with zero attached hydrogens (tertiary/aromatic N) is 1. The molecule has 0 radical (unpaired) electrons. The van der Waals surface area contributed by atoms with Crippen LogP contribution in [-0.2, 0) is 6.54 Å². The molecule has 0 aliphatic carbocycles. The van der Waals surface area contributed by atoms with Crippen LogP contribution in [0.15, 0.2) is 24.3 Å². The topological polar surface area (TPSA) is 23.5 Å². The summed E-state index contributed by atoms with van der Waals surface area (Å²) in [5.41, 5.74) is 2.32. The van der Waals surface area contributed by atoms with E-state index in [9.17, 15) is 0 Å². The van der Waals surface area contributed by atoms with E-state index in [1.165, 1.54) is 12.0 Å². The average molecular weight is 259 g/mol. The first kappa shape index (κ1) is 15.8. The smallest absolute Gasteiger partial charge is 0.0540 e. The third-order valence-electron chi connectivity index (χ3n) is 2.94. The van der Waals surface area contributed by atoms with E-state index in [4.69, 9.17) is 5.11 Å². The first-order chi connectivity index (χ1) is 9.11. The van der Waals surface area contributed by atoms with E-state index in [0.717, 1.165) is 24.6 Å². The average Bonchev–Trinajstić information content (AvgIpc) is 2.37. The van der Waals surface area contributed by atoms with E-state index < -0.39 is 0 Å². The van der Waals surface area contributed by atoms with Gasteiger partial charge in [-0.1, -0.05) is 37.8 Å². The lowest BCUT2D eigenvalue weighted by atomic mass is 10.1. The van der Waals surface area contributed by atoms with Gasteiger partial charge in [0.05, 0.1) is 6.61 Å². The number of benzene rings is 1. The van der Waals surface area contributed by atoms with Crippen molar-refractivity contribution < 1.29 is 5.11 Å². The highest BCUT2D eigenvalue weighted by Gasteiger charge is 2.02. The van der Waals surface area contributed by atoms with Gasteiger partial charge in [-0.3, -0.25) is 0 Å². The fourth-order valence-corrected chi connectivity index (χ4v) is 1.84. The Labute approximate surface area is 117 Å². The van der Waals surface area contributed by atoms with Crippen LogP contribution in [0.25, 0.3) is 0 Å². The molecule has 0 bridgehead atoms. The summed E-state index contributed by atoms with van der Waals surface area (Å²) in [6, 6.07) is 8.34. The summed E-state index contributed by atoms with van der Waals surface area (Å²) < 4.78 is 0. The van der Waals surface area contributed by atoms with Gasteiger partial charge in [-0.05, 0) is 43.6 Å². The summed E-state index contributed by atoms with van der Waals surface area (Å²) in [6.45, 7) is 6.72. The lowest BCUT2D eigenvalue weighted by Crippen LogP contribution is -2.20. The van der Waals surface area contributed by atoms with Crippen LogP contribution in [0.4, 0.5) is 0 Å². The third kappa shape index (κ3) is 7.00. The zero-order valence-electron chi connectivity index (χ0n) is 12.3. The molecule has 0 heterocycles. The molecule has 0 saturated heterocycles. The highest BCUT2D eigenvalue weighted by atomic mass is 16.2. The normalized spacial score (nSPS) is 10.6. The Bertz CT molecular complexity index is 428. The van der Waals surface area contributed by atoms with Gasteiger partial charge >= 0.3 is 0 Å². The Hall–Kier alpha value is -1.30. The van der Waals surface area contributed by atoms with Crippen LogP contribution in [0.5, 0.6) is 0 Å². The van der Waals surface area contributed by atoms with Crippen LogP contribution in [-0.4, -0.2) is 30.2 Å². The maximum atomic E-state index is 8.71. The predicted octanol–water partition coefficient (Wildman–Crippen LogP) is 2.90. The molecule has 0 aliphatic heterocycles. The predicted molar refractivity (Wildman–Crippen MR) is 80.8 cm³/mol. The second-order valence-electron chi connectivity index (χ2n) is 5.40. The molecule has 0 amide bonds. The molecule has 0 unspecified atom stereocenters. The highest BCUT2D eigenvalue weighted by Crippen LogP contribution is 2.08. The molecule has 1 rings (SSSR count). The van der Waals surface area contributed by atoms with Crippen LogP contribution in [0.1, 0.15) is 37.8 Å². The standard InChI is InChI=1S/C17H25NO/c1-15(2)10-11-18(3)14-17-9-6-8-16(13-17)7-4-5-12-19/h6,8-9,13,15,19H,5,10-12,14H2,1-3H3. The van der Waals surface area contributed by atoms with E-state index >= 15 is 0 Å². The zero-order valence-corrected chi connectivity index (χ0v) is 12.3. The van der Waals surface area contributed by atoms with Gasteiger partial charge in [0.25, 0.3) is 0 Å². The maximum Gasteiger partial charge on any atom is 0.0540 e. The number of hydrogen-bond donors (Lipinski definition) is 1. The molecule has 0 fully saturated rings. The lowest BCUT2D eigenvalue weighted by Gasteiger charge is -2.18. The van der Waals surface area contributed by atoms with Crippen molar-refractivity contribution in [1.82, 2.24) is 4.90 Å². The van der Waals surface area contributed by atoms with Crippen LogP contribution in [0, 0.1) is 17.8 Å². The van der Waals surface area contributed by atoms with Gasteiger partial charge in [0, 0.05) is 18.5 Å². The highest BCUT2D eigenvalue weighted by molar-refractivity contribution is 5.37. The van der Waals surface area contributed by atoms with Gasteiger partial charge in [-0.15, -0.1) is 0 Å². The minimum atomic E-state index is 0.130. The Balaban J connectivity index is 2.55. The summed E-state index contributed by atoms with van der Waals surface area (Å²) >= 11 is 0. The molecule has 1 aromatic carbocycles. The van der Waals surface area contributed by atoms with E-state index in [1.807, 2.05) is 6.07 Å². The second-order valence-corrected chi connectivity index (χ2v) is 5.40. The molecule has 0 spiro atoms. The first-order valence-corrected chi connectivity index (χ1v) is 6.99. The molecule has 0 saturated carbocycles. The fraction of sp³-hybridized carbons (Fsp3) is 0.529. The molecule has 0 atom stereocenters. The number of aliphatic hydroxyl groups is 1. The molecule has 2 nitrogen and oxygen atoms in total. The van der Waals surface area contributed by atoms with E-state index in [2.05, 4.69) is 55.8 Å². The summed E-state index contributed by atoms with van der Waals surface area (Å²) in [4.78, 5) is 2.35. The third-order valence-corrected chi connectivity index (χ3v) is 2.94. The molecular weight excluding hydrogens is 234 g/mol. The molecule has 0 aliphatic rings. The summed E-state index contributed by atoms with van der Waals surface area (Å²) in [7, 11) is 2.16. The Morgan fingerprint density at radius 3 is 2.79 bits per heavy atom. The lowest BCUT2D eigenvalue weighted by molar-refractivity contribution is 0.303. The summed E-state index contributed by atoms with van der Waals surface area (Å²) in [5.74, 6) is 6.79. The van der Waals surface area contributed by atoms with E-state index in [-0.39, 0.29) is 6.61 Å². The van der Waals surface area contributed by atoms with Gasteiger partial charge in [-0.2, -0.15) is 0 Å². The number of rotatable bonds is 6. The van der Waals surface area contributed by atoms with Gasteiger partial charge in [0.1, 0.15) is 0 Å². The van der Waals surface area contributed by atoms with Crippen LogP contribution in [0.3, 0.4) is 0 Å². The summed E-state index contributed by atoms with van der Waals surface area (Å²) in [5, 5.41) is 8.71. The van der Waals surface area contributed by atoms with Crippen molar-refractivity contribution in [3.05, 3.63) is 35.4 Å².